The van der Waals surface area contributed by atoms with Crippen LogP contribution in [0.1, 0.15) is 34.3 Å². The Kier molecular flexibility index (Phi) is 5.91. The van der Waals surface area contributed by atoms with E-state index in [1.807, 2.05) is 24.3 Å². The molecule has 3 N–H and O–H groups in total. The van der Waals surface area contributed by atoms with Crippen molar-refractivity contribution in [3.05, 3.63) is 88.4 Å². The summed E-state index contributed by atoms with van der Waals surface area (Å²) in [7, 11) is 0. The maximum absolute atomic E-state index is 13.1. The Morgan fingerprint density at radius 2 is 1.58 bits per heavy atom. The average molecular weight is 529 g/mol. The molecule has 3 heterocycles. The molecule has 3 aliphatic heterocycles. The SMILES string of the molecule is O=C(Nc1ccc2c(c1)NC(=O)C21Cc2ccccc2NC1=O)C1CCN(C(=O)c2ccccc2Cl)CC1. The van der Waals surface area contributed by atoms with Crippen molar-refractivity contribution < 1.29 is 19.2 Å². The lowest BCUT2D eigenvalue weighted by molar-refractivity contribution is -0.131. The number of halogens is 1. The van der Waals surface area contributed by atoms with E-state index >= 15 is 0 Å². The second kappa shape index (κ2) is 9.29. The van der Waals surface area contributed by atoms with Crippen LogP contribution in [0.4, 0.5) is 17.1 Å². The molecule has 9 heteroatoms. The Hall–Kier alpha value is -4.17. The molecule has 0 saturated carbocycles. The van der Waals surface area contributed by atoms with Crippen molar-refractivity contribution in [1.29, 1.82) is 0 Å². The standard InChI is InChI=1S/C29H25ClN4O4/c30-22-7-3-2-6-20(22)26(36)34-13-11-17(12-14-34)25(35)31-19-9-10-21-24(15-19)33-28(38)29(21)16-18-5-1-4-8-23(18)32-27(29)37/h1-10,15,17H,11-14,16H2,(H,31,35)(H,32,37)(H,33,38). The van der Waals surface area contributed by atoms with E-state index in [0.717, 1.165) is 5.56 Å². The summed E-state index contributed by atoms with van der Waals surface area (Å²) in [6.07, 6.45) is 1.34. The molecule has 0 aliphatic carbocycles. The average Bonchev–Trinajstić information content (AvgIpc) is 3.20. The van der Waals surface area contributed by atoms with Crippen LogP contribution in [0.2, 0.25) is 5.02 Å². The lowest BCUT2D eigenvalue weighted by Gasteiger charge is -2.32. The number of likely N-dealkylation sites (tertiary alicyclic amines) is 1. The van der Waals surface area contributed by atoms with Gasteiger partial charge in [-0.05, 0) is 48.7 Å². The Morgan fingerprint density at radius 3 is 2.34 bits per heavy atom. The van der Waals surface area contributed by atoms with Crippen molar-refractivity contribution in [2.75, 3.05) is 29.0 Å². The molecule has 1 fully saturated rings. The molecule has 1 saturated heterocycles. The highest BCUT2D eigenvalue weighted by molar-refractivity contribution is 6.33. The molecular formula is C29H25ClN4O4. The number of amides is 4. The minimum Gasteiger partial charge on any atom is -0.339 e. The first-order valence-electron chi connectivity index (χ1n) is 12.6. The van der Waals surface area contributed by atoms with Gasteiger partial charge in [0.2, 0.25) is 17.7 Å². The van der Waals surface area contributed by atoms with Gasteiger partial charge in [0.25, 0.3) is 5.91 Å². The van der Waals surface area contributed by atoms with Crippen molar-refractivity contribution in [2.45, 2.75) is 24.7 Å². The zero-order chi connectivity index (χ0) is 26.4. The molecule has 1 atom stereocenters. The number of fused-ring (bicyclic) bond motifs is 3. The fourth-order valence-electron chi connectivity index (χ4n) is 5.64. The van der Waals surface area contributed by atoms with Crippen LogP contribution in [0.25, 0.3) is 0 Å². The van der Waals surface area contributed by atoms with Gasteiger partial charge in [-0.1, -0.05) is 48.0 Å². The number of hydrogen-bond donors (Lipinski definition) is 3. The predicted octanol–water partition coefficient (Wildman–Crippen LogP) is 4.22. The molecule has 0 aromatic heterocycles. The lowest BCUT2D eigenvalue weighted by atomic mass is 9.73. The first-order valence-corrected chi connectivity index (χ1v) is 12.9. The fourth-order valence-corrected chi connectivity index (χ4v) is 5.85. The number of nitrogens with zero attached hydrogens (tertiary/aromatic N) is 1. The maximum atomic E-state index is 13.1. The molecular weight excluding hydrogens is 504 g/mol. The second-order valence-corrected chi connectivity index (χ2v) is 10.4. The van der Waals surface area contributed by atoms with E-state index < -0.39 is 5.41 Å². The largest absolute Gasteiger partial charge is 0.339 e. The number of benzene rings is 3. The Labute approximate surface area is 224 Å². The van der Waals surface area contributed by atoms with Crippen molar-refractivity contribution in [2.24, 2.45) is 5.92 Å². The van der Waals surface area contributed by atoms with Crippen molar-refractivity contribution in [1.82, 2.24) is 4.90 Å². The molecule has 6 rings (SSSR count). The smallest absolute Gasteiger partial charge is 0.255 e. The molecule has 1 spiro atoms. The molecule has 4 amide bonds. The van der Waals surface area contributed by atoms with E-state index in [1.54, 1.807) is 47.4 Å². The third-order valence-electron chi connectivity index (χ3n) is 7.75. The highest BCUT2D eigenvalue weighted by atomic mass is 35.5. The van der Waals surface area contributed by atoms with Gasteiger partial charge in [0.1, 0.15) is 0 Å². The van der Waals surface area contributed by atoms with Crippen molar-refractivity contribution >= 4 is 52.3 Å². The summed E-state index contributed by atoms with van der Waals surface area (Å²) in [5.74, 6) is -1.26. The number of nitrogens with one attached hydrogen (secondary N) is 3. The first-order chi connectivity index (χ1) is 18.4. The first kappa shape index (κ1) is 24.2. The van der Waals surface area contributed by atoms with E-state index in [4.69, 9.17) is 11.6 Å². The van der Waals surface area contributed by atoms with Crippen LogP contribution in [-0.4, -0.2) is 41.6 Å². The van der Waals surface area contributed by atoms with Crippen LogP contribution >= 0.6 is 11.6 Å². The van der Waals surface area contributed by atoms with Crippen LogP contribution in [0.15, 0.2) is 66.7 Å². The van der Waals surface area contributed by atoms with Crippen LogP contribution < -0.4 is 16.0 Å². The topological polar surface area (TPSA) is 108 Å². The third-order valence-corrected chi connectivity index (χ3v) is 8.08. The molecule has 192 valence electrons. The fraction of sp³-hybridized carbons (Fsp3) is 0.241. The number of carbonyl (C=O) groups is 4. The summed E-state index contributed by atoms with van der Waals surface area (Å²) >= 11 is 6.18. The van der Waals surface area contributed by atoms with E-state index in [9.17, 15) is 19.2 Å². The van der Waals surface area contributed by atoms with Gasteiger partial charge in [0, 0.05) is 48.1 Å². The number of carbonyl (C=O) groups excluding carboxylic acids is 4. The number of rotatable bonds is 3. The van der Waals surface area contributed by atoms with Gasteiger partial charge in [-0.3, -0.25) is 19.2 Å². The normalized spacial score (nSPS) is 20.4. The van der Waals surface area contributed by atoms with Gasteiger partial charge >= 0.3 is 0 Å². The van der Waals surface area contributed by atoms with Crippen LogP contribution in [0, 0.1) is 5.92 Å². The minimum atomic E-state index is -1.34. The summed E-state index contributed by atoms with van der Waals surface area (Å²) in [6, 6.07) is 19.6. The number of hydrogen-bond acceptors (Lipinski definition) is 4. The van der Waals surface area contributed by atoms with E-state index in [-0.39, 0.29) is 36.0 Å². The summed E-state index contributed by atoms with van der Waals surface area (Å²) in [6.45, 7) is 0.920. The summed E-state index contributed by atoms with van der Waals surface area (Å²) in [5.41, 5.74) is 2.39. The molecule has 8 nitrogen and oxygen atoms in total. The van der Waals surface area contributed by atoms with Gasteiger partial charge in [-0.15, -0.1) is 0 Å². The molecule has 3 aromatic rings. The molecule has 3 aromatic carbocycles. The molecule has 3 aliphatic rings. The quantitative estimate of drug-likeness (QED) is 0.442. The Bertz CT molecular complexity index is 1500. The van der Waals surface area contributed by atoms with Crippen molar-refractivity contribution in [3.8, 4) is 0 Å². The van der Waals surface area contributed by atoms with Gasteiger partial charge in [-0.2, -0.15) is 0 Å². The lowest BCUT2D eigenvalue weighted by Crippen LogP contribution is -2.50. The predicted molar refractivity (Wildman–Crippen MR) is 144 cm³/mol. The summed E-state index contributed by atoms with van der Waals surface area (Å²) < 4.78 is 0. The van der Waals surface area contributed by atoms with Gasteiger partial charge < -0.3 is 20.9 Å². The van der Waals surface area contributed by atoms with Gasteiger partial charge in [0.05, 0.1) is 10.6 Å². The highest BCUT2D eigenvalue weighted by Gasteiger charge is 2.55. The zero-order valence-electron chi connectivity index (χ0n) is 20.4. The molecule has 0 bridgehead atoms. The van der Waals surface area contributed by atoms with Gasteiger partial charge in [0.15, 0.2) is 5.41 Å². The number of piperidine rings is 1. The molecule has 0 radical (unpaired) electrons. The number of anilines is 3. The molecule has 38 heavy (non-hydrogen) atoms. The van der Waals surface area contributed by atoms with Crippen molar-refractivity contribution in [3.63, 3.8) is 0 Å². The monoisotopic (exact) mass is 528 g/mol. The third kappa shape index (κ3) is 3.92. The maximum Gasteiger partial charge on any atom is 0.255 e. The Balaban J connectivity index is 1.14. The zero-order valence-corrected chi connectivity index (χ0v) is 21.2. The molecule has 1 unspecified atom stereocenters. The van der Waals surface area contributed by atoms with E-state index in [2.05, 4.69) is 16.0 Å². The van der Waals surface area contributed by atoms with E-state index in [0.29, 0.717) is 59.1 Å². The van der Waals surface area contributed by atoms with Crippen LogP contribution in [-0.2, 0) is 26.2 Å². The van der Waals surface area contributed by atoms with Gasteiger partial charge in [-0.25, -0.2) is 0 Å². The number of para-hydroxylation sites is 1. The summed E-state index contributed by atoms with van der Waals surface area (Å²) in [5, 5.41) is 9.08. The van der Waals surface area contributed by atoms with Crippen LogP contribution in [0.3, 0.4) is 0 Å². The minimum absolute atomic E-state index is 0.132. The van der Waals surface area contributed by atoms with Crippen LogP contribution in [0.5, 0.6) is 0 Å². The summed E-state index contributed by atoms with van der Waals surface area (Å²) in [4.78, 5) is 53.8. The highest BCUT2D eigenvalue weighted by Crippen LogP contribution is 2.45. The second-order valence-electron chi connectivity index (χ2n) is 9.94. The Morgan fingerprint density at radius 1 is 0.895 bits per heavy atom. The van der Waals surface area contributed by atoms with E-state index in [1.165, 1.54) is 0 Å².